The molecule has 0 saturated carbocycles. The number of aromatic amines is 1. The summed E-state index contributed by atoms with van der Waals surface area (Å²) in [6, 6.07) is 4.70. The fourth-order valence-corrected chi connectivity index (χ4v) is 1.63. The van der Waals surface area contributed by atoms with Crippen molar-refractivity contribution < 1.29 is 17.7 Å². The summed E-state index contributed by atoms with van der Waals surface area (Å²) in [4.78, 5) is 18.1. The van der Waals surface area contributed by atoms with E-state index in [4.69, 9.17) is 4.52 Å². The third kappa shape index (κ3) is 2.71. The van der Waals surface area contributed by atoms with Gasteiger partial charge in [-0.05, 0) is 18.2 Å². The Kier molecular flexibility index (Phi) is 3.20. The fourth-order valence-electron chi connectivity index (χ4n) is 1.63. The lowest BCUT2D eigenvalue weighted by atomic mass is 10.2. The number of nitrogens with zero attached hydrogens (tertiary/aromatic N) is 4. The first-order chi connectivity index (χ1) is 10.4. The Morgan fingerprint density at radius 2 is 2.00 bits per heavy atom. The normalized spacial score (nSPS) is 11.6. The highest BCUT2D eigenvalue weighted by molar-refractivity contribution is 5.57. The van der Waals surface area contributed by atoms with Gasteiger partial charge in [0.1, 0.15) is 11.4 Å². The molecule has 0 fully saturated rings. The lowest BCUT2D eigenvalue weighted by molar-refractivity contribution is -0.141. The summed E-state index contributed by atoms with van der Waals surface area (Å²) in [5.74, 6) is -0.0764. The molecule has 0 amide bonds. The van der Waals surface area contributed by atoms with Crippen LogP contribution >= 0.6 is 0 Å². The molecule has 10 heteroatoms. The maximum atomic E-state index is 12.6. The Bertz CT molecular complexity index is 851. The van der Waals surface area contributed by atoms with Crippen LogP contribution in [0.15, 0.2) is 39.8 Å². The SMILES string of the molecule is O=c1ccc(-c2nc(-c3ccnc(C(F)(F)F)c3)no2)n[nH]1. The van der Waals surface area contributed by atoms with Gasteiger partial charge >= 0.3 is 6.18 Å². The highest BCUT2D eigenvalue weighted by Gasteiger charge is 2.32. The molecule has 7 nitrogen and oxygen atoms in total. The van der Waals surface area contributed by atoms with Gasteiger partial charge < -0.3 is 4.52 Å². The van der Waals surface area contributed by atoms with Crippen molar-refractivity contribution in [2.45, 2.75) is 6.18 Å². The van der Waals surface area contributed by atoms with Crippen LogP contribution in [0.5, 0.6) is 0 Å². The molecule has 0 saturated heterocycles. The molecule has 0 spiro atoms. The molecule has 1 N–H and O–H groups in total. The zero-order valence-electron chi connectivity index (χ0n) is 10.6. The minimum absolute atomic E-state index is 0.0309. The second kappa shape index (κ2) is 5.06. The Hall–Kier alpha value is -3.04. The number of rotatable bonds is 2. The fraction of sp³-hybridized carbons (Fsp3) is 0.0833. The van der Waals surface area contributed by atoms with Crippen LogP contribution < -0.4 is 5.56 Å². The van der Waals surface area contributed by atoms with Crippen LogP contribution in [-0.2, 0) is 6.18 Å². The quantitative estimate of drug-likeness (QED) is 0.776. The number of aromatic nitrogens is 5. The molecular formula is C12H6F3N5O2. The minimum atomic E-state index is -4.57. The van der Waals surface area contributed by atoms with E-state index in [1.165, 1.54) is 18.2 Å². The molecule has 0 aliphatic carbocycles. The van der Waals surface area contributed by atoms with Crippen LogP contribution in [0, 0.1) is 0 Å². The summed E-state index contributed by atoms with van der Waals surface area (Å²) < 4.78 is 42.8. The molecule has 0 aliphatic rings. The van der Waals surface area contributed by atoms with Crippen LogP contribution in [0.1, 0.15) is 5.69 Å². The summed E-state index contributed by atoms with van der Waals surface area (Å²) in [6.45, 7) is 0. The third-order valence-electron chi connectivity index (χ3n) is 2.63. The largest absolute Gasteiger partial charge is 0.433 e. The molecule has 0 radical (unpaired) electrons. The van der Waals surface area contributed by atoms with Crippen molar-refractivity contribution in [1.82, 2.24) is 25.3 Å². The minimum Gasteiger partial charge on any atom is -0.332 e. The highest BCUT2D eigenvalue weighted by Crippen LogP contribution is 2.30. The van der Waals surface area contributed by atoms with E-state index in [2.05, 4.69) is 25.3 Å². The molecule has 0 bridgehead atoms. The molecule has 0 aliphatic heterocycles. The average Bonchev–Trinajstić information content (AvgIpc) is 2.97. The predicted molar refractivity (Wildman–Crippen MR) is 66.4 cm³/mol. The number of H-pyrrole nitrogens is 1. The van der Waals surface area contributed by atoms with Gasteiger partial charge in [0.25, 0.3) is 11.4 Å². The van der Waals surface area contributed by atoms with Crippen molar-refractivity contribution >= 4 is 0 Å². The van der Waals surface area contributed by atoms with Gasteiger partial charge in [-0.2, -0.15) is 23.3 Å². The van der Waals surface area contributed by atoms with Crippen LogP contribution in [0.25, 0.3) is 23.0 Å². The topological polar surface area (TPSA) is 97.6 Å². The summed E-state index contributed by atoms with van der Waals surface area (Å²) in [6.07, 6.45) is -3.56. The monoisotopic (exact) mass is 309 g/mol. The van der Waals surface area contributed by atoms with E-state index in [1.807, 2.05) is 0 Å². The number of hydrogen-bond donors (Lipinski definition) is 1. The molecule has 0 unspecified atom stereocenters. The van der Waals surface area contributed by atoms with Crippen molar-refractivity contribution in [1.29, 1.82) is 0 Å². The van der Waals surface area contributed by atoms with Gasteiger partial charge in [-0.25, -0.2) is 5.10 Å². The van der Waals surface area contributed by atoms with Crippen LogP contribution in [0.4, 0.5) is 13.2 Å². The third-order valence-corrected chi connectivity index (χ3v) is 2.63. The van der Waals surface area contributed by atoms with Crippen molar-refractivity contribution in [3.63, 3.8) is 0 Å². The number of halogens is 3. The summed E-state index contributed by atoms with van der Waals surface area (Å²) >= 11 is 0. The van der Waals surface area contributed by atoms with E-state index < -0.39 is 17.4 Å². The van der Waals surface area contributed by atoms with Crippen molar-refractivity contribution in [2.24, 2.45) is 0 Å². The second-order valence-corrected chi connectivity index (χ2v) is 4.16. The van der Waals surface area contributed by atoms with Gasteiger partial charge in [-0.1, -0.05) is 5.16 Å². The zero-order valence-corrected chi connectivity index (χ0v) is 10.6. The Morgan fingerprint density at radius 1 is 1.18 bits per heavy atom. The standard InChI is InChI=1S/C12H6F3N5O2/c13-12(14,15)8-5-6(3-4-16-8)10-17-11(22-20-10)7-1-2-9(21)19-18-7/h1-5H,(H,19,21). The predicted octanol–water partition coefficient (Wildman–Crippen LogP) is 1.90. The number of alkyl halides is 3. The van der Waals surface area contributed by atoms with Gasteiger partial charge in [0, 0.05) is 17.8 Å². The molecular weight excluding hydrogens is 303 g/mol. The van der Waals surface area contributed by atoms with Crippen LogP contribution in [0.3, 0.4) is 0 Å². The van der Waals surface area contributed by atoms with Gasteiger partial charge in [0.2, 0.25) is 5.82 Å². The van der Waals surface area contributed by atoms with Gasteiger partial charge in [-0.3, -0.25) is 9.78 Å². The Labute approximate surface area is 119 Å². The zero-order chi connectivity index (χ0) is 15.7. The van der Waals surface area contributed by atoms with Crippen molar-refractivity contribution in [2.75, 3.05) is 0 Å². The Balaban J connectivity index is 1.97. The molecule has 3 rings (SSSR count). The lowest BCUT2D eigenvalue weighted by Crippen LogP contribution is -2.07. The maximum Gasteiger partial charge on any atom is 0.433 e. The van der Waals surface area contributed by atoms with Gasteiger partial charge in [0.15, 0.2) is 0 Å². The molecule has 3 aromatic heterocycles. The molecule has 112 valence electrons. The van der Waals surface area contributed by atoms with Crippen LogP contribution in [-0.4, -0.2) is 25.3 Å². The van der Waals surface area contributed by atoms with E-state index in [9.17, 15) is 18.0 Å². The van der Waals surface area contributed by atoms with Gasteiger partial charge in [-0.15, -0.1) is 0 Å². The lowest BCUT2D eigenvalue weighted by Gasteiger charge is -2.05. The van der Waals surface area contributed by atoms with Gasteiger partial charge in [0.05, 0.1) is 0 Å². The maximum absolute atomic E-state index is 12.6. The second-order valence-electron chi connectivity index (χ2n) is 4.16. The van der Waals surface area contributed by atoms with E-state index >= 15 is 0 Å². The molecule has 0 atom stereocenters. The van der Waals surface area contributed by atoms with E-state index in [0.29, 0.717) is 0 Å². The number of pyridine rings is 1. The first kappa shape index (κ1) is 13.9. The molecule has 0 aromatic carbocycles. The molecule has 3 heterocycles. The smallest absolute Gasteiger partial charge is 0.332 e. The average molecular weight is 309 g/mol. The number of hydrogen-bond acceptors (Lipinski definition) is 6. The Morgan fingerprint density at radius 3 is 2.68 bits per heavy atom. The molecule has 22 heavy (non-hydrogen) atoms. The van der Waals surface area contributed by atoms with E-state index in [1.54, 1.807) is 0 Å². The van der Waals surface area contributed by atoms with Crippen LogP contribution in [0.2, 0.25) is 0 Å². The number of nitrogens with one attached hydrogen (secondary N) is 1. The first-order valence-electron chi connectivity index (χ1n) is 5.87. The summed E-state index contributed by atoms with van der Waals surface area (Å²) in [5.41, 5.74) is -1.17. The van der Waals surface area contributed by atoms with Crippen molar-refractivity contribution in [3.8, 4) is 23.0 Å². The van der Waals surface area contributed by atoms with Crippen molar-refractivity contribution in [3.05, 3.63) is 46.5 Å². The van der Waals surface area contributed by atoms with E-state index in [0.717, 1.165) is 12.3 Å². The first-order valence-corrected chi connectivity index (χ1v) is 5.87. The van der Waals surface area contributed by atoms with E-state index in [-0.39, 0.29) is 23.0 Å². The summed E-state index contributed by atoms with van der Waals surface area (Å²) in [7, 11) is 0. The molecule has 3 aromatic rings. The highest BCUT2D eigenvalue weighted by atomic mass is 19.4. The summed E-state index contributed by atoms with van der Waals surface area (Å²) in [5, 5.41) is 9.47.